The molecule has 0 atom stereocenters. The molecule has 1 N–H and O–H groups in total. The first kappa shape index (κ1) is 10.6. The second kappa shape index (κ2) is 3.59. The predicted octanol–water partition coefficient (Wildman–Crippen LogP) is 1.60. The van der Waals surface area contributed by atoms with Crippen LogP contribution in [-0.2, 0) is 0 Å². The van der Waals surface area contributed by atoms with Crippen LogP contribution in [0.1, 0.15) is 22.9 Å². The van der Waals surface area contributed by atoms with Crippen molar-refractivity contribution in [1.82, 2.24) is 19.7 Å². The fourth-order valence-electron chi connectivity index (χ4n) is 1.66. The van der Waals surface area contributed by atoms with E-state index < -0.39 is 0 Å². The van der Waals surface area contributed by atoms with Gasteiger partial charge in [0, 0.05) is 11.8 Å². The molecule has 0 fully saturated rings. The monoisotopic (exact) mass is 218 g/mol. The van der Waals surface area contributed by atoms with Crippen molar-refractivity contribution in [1.29, 1.82) is 0 Å². The molecule has 16 heavy (non-hydrogen) atoms. The van der Waals surface area contributed by atoms with Crippen molar-refractivity contribution in [3.63, 3.8) is 0 Å². The maximum Gasteiger partial charge on any atom is 0.160 e. The zero-order valence-electron chi connectivity index (χ0n) is 9.81. The second-order valence-electron chi connectivity index (χ2n) is 3.85. The molecule has 0 radical (unpaired) electrons. The Labute approximate surface area is 93.8 Å². The minimum absolute atomic E-state index is 0.217. The molecule has 0 aliphatic carbocycles. The topological polar surface area (TPSA) is 63.8 Å². The molecule has 5 nitrogen and oxygen atoms in total. The summed E-state index contributed by atoms with van der Waals surface area (Å²) in [7, 11) is 0. The van der Waals surface area contributed by atoms with Crippen LogP contribution in [0.3, 0.4) is 0 Å². The van der Waals surface area contributed by atoms with Crippen LogP contribution in [0, 0.1) is 27.7 Å². The van der Waals surface area contributed by atoms with Crippen LogP contribution in [0.5, 0.6) is 5.75 Å². The molecule has 5 heteroatoms. The molecule has 2 rings (SSSR count). The van der Waals surface area contributed by atoms with Crippen molar-refractivity contribution in [3.05, 3.63) is 29.0 Å². The highest BCUT2D eigenvalue weighted by Gasteiger charge is 2.12. The summed E-state index contributed by atoms with van der Waals surface area (Å²) in [4.78, 5) is 8.50. The first-order valence-electron chi connectivity index (χ1n) is 5.07. The van der Waals surface area contributed by atoms with E-state index in [1.54, 1.807) is 11.6 Å². The number of nitrogens with zero attached hydrogens (tertiary/aromatic N) is 4. The van der Waals surface area contributed by atoms with Gasteiger partial charge in [0.2, 0.25) is 0 Å². The van der Waals surface area contributed by atoms with Gasteiger partial charge in [-0.25, -0.2) is 14.6 Å². The summed E-state index contributed by atoms with van der Waals surface area (Å²) in [6.45, 7) is 7.31. The summed E-state index contributed by atoms with van der Waals surface area (Å²) in [6.07, 6.45) is 0. The normalized spacial score (nSPS) is 10.8. The molecule has 2 aromatic rings. The molecule has 0 bridgehead atoms. The Morgan fingerprint density at radius 2 is 1.81 bits per heavy atom. The van der Waals surface area contributed by atoms with Crippen molar-refractivity contribution in [2.24, 2.45) is 0 Å². The lowest BCUT2D eigenvalue weighted by Gasteiger charge is -2.04. The molecular formula is C11H14N4O. The number of rotatable bonds is 1. The van der Waals surface area contributed by atoms with E-state index in [1.807, 2.05) is 26.8 Å². The highest BCUT2D eigenvalue weighted by atomic mass is 16.3. The van der Waals surface area contributed by atoms with Gasteiger partial charge in [0.1, 0.15) is 11.5 Å². The van der Waals surface area contributed by atoms with Gasteiger partial charge in [0.05, 0.1) is 5.69 Å². The van der Waals surface area contributed by atoms with Crippen molar-refractivity contribution in [2.75, 3.05) is 0 Å². The number of aryl methyl sites for hydroxylation is 3. The largest absolute Gasteiger partial charge is 0.504 e. The van der Waals surface area contributed by atoms with E-state index in [1.165, 1.54) is 0 Å². The molecule has 0 amide bonds. The summed E-state index contributed by atoms with van der Waals surface area (Å²) in [5.41, 5.74) is 2.18. The molecule has 0 saturated heterocycles. The SMILES string of the molecule is Cc1cc(-n2nc(C)c(O)c2C)nc(C)n1. The Morgan fingerprint density at radius 3 is 2.31 bits per heavy atom. The van der Waals surface area contributed by atoms with E-state index in [0.29, 0.717) is 23.0 Å². The first-order chi connectivity index (χ1) is 7.49. The standard InChI is InChI=1S/C11H14N4O/c1-6-5-10(13-9(4)12-6)15-8(3)11(16)7(2)14-15/h5,16H,1-4H3. The van der Waals surface area contributed by atoms with Crippen LogP contribution in [0.2, 0.25) is 0 Å². The Hall–Kier alpha value is -1.91. The lowest BCUT2D eigenvalue weighted by Crippen LogP contribution is -2.05. The molecule has 0 saturated carbocycles. The van der Waals surface area contributed by atoms with Gasteiger partial charge in [-0.15, -0.1) is 0 Å². The third kappa shape index (κ3) is 1.64. The first-order valence-corrected chi connectivity index (χ1v) is 5.07. The minimum atomic E-state index is 0.217. The third-order valence-electron chi connectivity index (χ3n) is 2.42. The van der Waals surface area contributed by atoms with Crippen molar-refractivity contribution in [2.45, 2.75) is 27.7 Å². The van der Waals surface area contributed by atoms with Crippen LogP contribution in [-0.4, -0.2) is 24.9 Å². The van der Waals surface area contributed by atoms with Gasteiger partial charge >= 0.3 is 0 Å². The number of hydrogen-bond acceptors (Lipinski definition) is 4. The molecule has 0 aromatic carbocycles. The van der Waals surface area contributed by atoms with E-state index in [0.717, 1.165) is 5.69 Å². The van der Waals surface area contributed by atoms with Gasteiger partial charge in [0.15, 0.2) is 11.6 Å². The number of aromatic hydroxyl groups is 1. The van der Waals surface area contributed by atoms with E-state index in [9.17, 15) is 5.11 Å². The van der Waals surface area contributed by atoms with Crippen LogP contribution in [0.25, 0.3) is 5.82 Å². The predicted molar refractivity (Wildman–Crippen MR) is 59.8 cm³/mol. The summed E-state index contributed by atoms with van der Waals surface area (Å²) < 4.78 is 1.63. The Balaban J connectivity index is 2.62. The van der Waals surface area contributed by atoms with E-state index in [4.69, 9.17) is 0 Å². The van der Waals surface area contributed by atoms with Gasteiger partial charge < -0.3 is 5.11 Å². The van der Waals surface area contributed by atoms with E-state index in [-0.39, 0.29) is 5.75 Å². The maximum absolute atomic E-state index is 9.70. The van der Waals surface area contributed by atoms with E-state index in [2.05, 4.69) is 15.1 Å². The molecule has 0 aliphatic heterocycles. The molecule has 2 aromatic heterocycles. The Kier molecular flexibility index (Phi) is 2.38. The number of hydrogen-bond donors (Lipinski definition) is 1. The average Bonchev–Trinajstić information content (AvgIpc) is 2.44. The van der Waals surface area contributed by atoms with Crippen molar-refractivity contribution >= 4 is 0 Å². The van der Waals surface area contributed by atoms with Crippen LogP contribution in [0.15, 0.2) is 6.07 Å². The second-order valence-corrected chi connectivity index (χ2v) is 3.85. The van der Waals surface area contributed by atoms with Crippen molar-refractivity contribution in [3.8, 4) is 11.6 Å². The lowest BCUT2D eigenvalue weighted by molar-refractivity contribution is 0.466. The summed E-state index contributed by atoms with van der Waals surface area (Å²) in [5, 5.41) is 13.9. The third-order valence-corrected chi connectivity index (χ3v) is 2.42. The average molecular weight is 218 g/mol. The van der Waals surface area contributed by atoms with Gasteiger partial charge in [-0.1, -0.05) is 0 Å². The summed E-state index contributed by atoms with van der Waals surface area (Å²) in [6, 6.07) is 1.84. The zero-order chi connectivity index (χ0) is 11.9. The highest BCUT2D eigenvalue weighted by molar-refractivity contribution is 5.36. The maximum atomic E-state index is 9.70. The molecule has 0 aliphatic rings. The lowest BCUT2D eigenvalue weighted by atomic mass is 10.3. The van der Waals surface area contributed by atoms with Crippen LogP contribution >= 0.6 is 0 Å². The Bertz CT molecular complexity index is 525. The van der Waals surface area contributed by atoms with Crippen molar-refractivity contribution < 1.29 is 5.11 Å². The quantitative estimate of drug-likeness (QED) is 0.789. The molecule has 0 spiro atoms. The Morgan fingerprint density at radius 1 is 1.12 bits per heavy atom. The van der Waals surface area contributed by atoms with Gasteiger partial charge in [-0.2, -0.15) is 5.10 Å². The van der Waals surface area contributed by atoms with Crippen LogP contribution < -0.4 is 0 Å². The summed E-state index contributed by atoms with van der Waals surface area (Å²) in [5.74, 6) is 1.60. The van der Waals surface area contributed by atoms with E-state index >= 15 is 0 Å². The fourth-order valence-corrected chi connectivity index (χ4v) is 1.66. The molecular weight excluding hydrogens is 204 g/mol. The van der Waals surface area contributed by atoms with Crippen LogP contribution in [0.4, 0.5) is 0 Å². The van der Waals surface area contributed by atoms with Gasteiger partial charge in [-0.05, 0) is 27.7 Å². The minimum Gasteiger partial charge on any atom is -0.504 e. The molecule has 2 heterocycles. The van der Waals surface area contributed by atoms with Gasteiger partial charge in [0.25, 0.3) is 0 Å². The van der Waals surface area contributed by atoms with Gasteiger partial charge in [-0.3, -0.25) is 0 Å². The highest BCUT2D eigenvalue weighted by Crippen LogP contribution is 2.22. The summed E-state index contributed by atoms with van der Waals surface area (Å²) >= 11 is 0. The smallest absolute Gasteiger partial charge is 0.160 e. The molecule has 0 unspecified atom stereocenters. The zero-order valence-corrected chi connectivity index (χ0v) is 9.81. The fraction of sp³-hybridized carbons (Fsp3) is 0.364. The number of aromatic nitrogens is 4. The molecule has 84 valence electrons.